The lowest BCUT2D eigenvalue weighted by atomic mass is 10.0. The van der Waals surface area contributed by atoms with Gasteiger partial charge in [0, 0.05) is 57.1 Å². The maximum absolute atomic E-state index is 12.4. The van der Waals surface area contributed by atoms with Crippen molar-refractivity contribution in [1.82, 2.24) is 9.88 Å². The first-order chi connectivity index (χ1) is 14.6. The van der Waals surface area contributed by atoms with Crippen molar-refractivity contribution in [1.29, 1.82) is 0 Å². The number of amides is 1. The van der Waals surface area contributed by atoms with Gasteiger partial charge in [0.2, 0.25) is 12.7 Å². The number of nitrogens with one attached hydrogen (secondary N) is 1. The fourth-order valence-electron chi connectivity index (χ4n) is 3.65. The number of hydrogen-bond acceptors (Lipinski definition) is 7. The highest BCUT2D eigenvalue weighted by atomic mass is 16.7. The lowest BCUT2D eigenvalue weighted by Crippen LogP contribution is -2.49. The lowest BCUT2D eigenvalue weighted by Gasteiger charge is -2.36. The predicted molar refractivity (Wildman–Crippen MR) is 110 cm³/mol. The zero-order valence-corrected chi connectivity index (χ0v) is 16.5. The third kappa shape index (κ3) is 4.80. The van der Waals surface area contributed by atoms with Gasteiger partial charge in [0.15, 0.2) is 11.5 Å². The second-order valence-electron chi connectivity index (χ2n) is 7.33. The molecule has 1 amide bonds. The summed E-state index contributed by atoms with van der Waals surface area (Å²) in [5.74, 6) is 0.0291. The molecule has 2 aromatic rings. The molecule has 1 aromatic heterocycles. The Labute approximate surface area is 174 Å². The first-order valence-electron chi connectivity index (χ1n) is 9.89. The third-order valence-electron chi connectivity index (χ3n) is 5.26. The van der Waals surface area contributed by atoms with E-state index in [1.807, 2.05) is 18.2 Å². The fourth-order valence-corrected chi connectivity index (χ4v) is 3.65. The number of ether oxygens (including phenoxy) is 2. The van der Waals surface area contributed by atoms with Gasteiger partial charge in [-0.1, -0.05) is 6.07 Å². The summed E-state index contributed by atoms with van der Waals surface area (Å²) >= 11 is 0. The Morgan fingerprint density at radius 3 is 2.63 bits per heavy atom. The molecule has 2 aliphatic heterocycles. The van der Waals surface area contributed by atoms with Gasteiger partial charge in [0.25, 0.3) is 0 Å². The first kappa shape index (κ1) is 20.0. The molecule has 9 nitrogen and oxygen atoms in total. The van der Waals surface area contributed by atoms with Crippen LogP contribution < -0.4 is 19.7 Å². The number of hydrogen-bond donors (Lipinski definition) is 2. The van der Waals surface area contributed by atoms with Crippen molar-refractivity contribution in [2.24, 2.45) is 5.92 Å². The minimum absolute atomic E-state index is 0.0930. The summed E-state index contributed by atoms with van der Waals surface area (Å²) in [7, 11) is 0. The molecule has 0 spiro atoms. The van der Waals surface area contributed by atoms with Gasteiger partial charge in [-0.2, -0.15) is 0 Å². The van der Waals surface area contributed by atoms with Gasteiger partial charge in [-0.05, 0) is 24.3 Å². The van der Waals surface area contributed by atoms with E-state index >= 15 is 0 Å². The summed E-state index contributed by atoms with van der Waals surface area (Å²) in [5.41, 5.74) is 0.553. The quantitative estimate of drug-likeness (QED) is 0.708. The Kier molecular flexibility index (Phi) is 5.99. The summed E-state index contributed by atoms with van der Waals surface area (Å²) in [5, 5.41) is 12.4. The molecule has 1 aromatic carbocycles. The van der Waals surface area contributed by atoms with Crippen LogP contribution in [-0.4, -0.2) is 66.4 Å². The maximum atomic E-state index is 12.4. The largest absolute Gasteiger partial charge is 0.481 e. The van der Waals surface area contributed by atoms with Crippen molar-refractivity contribution >= 4 is 23.4 Å². The Morgan fingerprint density at radius 2 is 1.90 bits per heavy atom. The van der Waals surface area contributed by atoms with E-state index in [1.165, 1.54) is 0 Å². The Balaban J connectivity index is 1.29. The molecule has 158 valence electrons. The smallest absolute Gasteiger partial charge is 0.308 e. The average Bonchev–Trinajstić information content (AvgIpc) is 3.22. The number of rotatable bonds is 7. The van der Waals surface area contributed by atoms with E-state index in [4.69, 9.17) is 9.47 Å². The lowest BCUT2D eigenvalue weighted by molar-refractivity contribution is -0.144. The normalized spacial score (nSPS) is 16.9. The van der Waals surface area contributed by atoms with E-state index < -0.39 is 11.9 Å². The Morgan fingerprint density at radius 1 is 1.10 bits per heavy atom. The molecule has 2 aliphatic rings. The molecule has 4 rings (SSSR count). The van der Waals surface area contributed by atoms with Gasteiger partial charge < -0.3 is 24.8 Å². The van der Waals surface area contributed by atoms with Gasteiger partial charge in [-0.15, -0.1) is 0 Å². The SMILES string of the molecule is O=C(C[C@H](CN1CCN(c2ccccn2)CC1)C(=O)O)Nc1ccc2c(c1)OCO2. The third-order valence-corrected chi connectivity index (χ3v) is 5.26. The van der Waals surface area contributed by atoms with Crippen molar-refractivity contribution in [3.63, 3.8) is 0 Å². The number of carboxylic acid groups (broad SMARTS) is 1. The molecular weight excluding hydrogens is 388 g/mol. The predicted octanol–water partition coefficient (Wildman–Crippen LogP) is 1.66. The number of carboxylic acids is 1. The van der Waals surface area contributed by atoms with E-state index in [2.05, 4.69) is 20.1 Å². The highest BCUT2D eigenvalue weighted by Gasteiger charge is 2.27. The summed E-state index contributed by atoms with van der Waals surface area (Å²) in [6.07, 6.45) is 1.67. The molecule has 0 radical (unpaired) electrons. The van der Waals surface area contributed by atoms with Gasteiger partial charge >= 0.3 is 5.97 Å². The Hall–Kier alpha value is -3.33. The highest BCUT2D eigenvalue weighted by molar-refractivity contribution is 5.93. The van der Waals surface area contributed by atoms with Crippen LogP contribution in [0.2, 0.25) is 0 Å². The highest BCUT2D eigenvalue weighted by Crippen LogP contribution is 2.34. The second-order valence-corrected chi connectivity index (χ2v) is 7.33. The number of fused-ring (bicyclic) bond motifs is 1. The molecular formula is C21H24N4O5. The van der Waals surface area contributed by atoms with Crippen LogP contribution in [0.25, 0.3) is 0 Å². The van der Waals surface area contributed by atoms with Crippen LogP contribution in [-0.2, 0) is 9.59 Å². The number of aliphatic carboxylic acids is 1. The number of carbonyl (C=O) groups is 2. The molecule has 1 fully saturated rings. The summed E-state index contributed by atoms with van der Waals surface area (Å²) in [4.78, 5) is 32.8. The maximum Gasteiger partial charge on any atom is 0.308 e. The number of aromatic nitrogens is 1. The van der Waals surface area contributed by atoms with Crippen LogP contribution in [0.4, 0.5) is 11.5 Å². The second kappa shape index (κ2) is 9.00. The van der Waals surface area contributed by atoms with E-state index in [0.29, 0.717) is 23.7 Å². The number of piperazine rings is 1. The van der Waals surface area contributed by atoms with Gasteiger partial charge in [0.1, 0.15) is 5.82 Å². The molecule has 3 heterocycles. The van der Waals surface area contributed by atoms with Crippen molar-refractivity contribution in [3.8, 4) is 11.5 Å². The zero-order chi connectivity index (χ0) is 20.9. The molecule has 0 bridgehead atoms. The van der Waals surface area contributed by atoms with Crippen LogP contribution in [0, 0.1) is 5.92 Å². The topological polar surface area (TPSA) is 104 Å². The molecule has 1 saturated heterocycles. The van der Waals surface area contributed by atoms with Crippen molar-refractivity contribution < 1.29 is 24.2 Å². The van der Waals surface area contributed by atoms with Crippen LogP contribution >= 0.6 is 0 Å². The number of benzene rings is 1. The molecule has 0 unspecified atom stereocenters. The molecule has 2 N–H and O–H groups in total. The average molecular weight is 412 g/mol. The number of nitrogens with zero attached hydrogens (tertiary/aromatic N) is 3. The zero-order valence-electron chi connectivity index (χ0n) is 16.5. The van der Waals surface area contributed by atoms with Crippen LogP contribution in [0.1, 0.15) is 6.42 Å². The molecule has 0 saturated carbocycles. The summed E-state index contributed by atoms with van der Waals surface area (Å²) < 4.78 is 10.5. The minimum atomic E-state index is -0.969. The molecule has 1 atom stereocenters. The van der Waals surface area contributed by atoms with Gasteiger partial charge in [0.05, 0.1) is 5.92 Å². The van der Waals surface area contributed by atoms with Crippen LogP contribution in [0.3, 0.4) is 0 Å². The van der Waals surface area contributed by atoms with E-state index in [1.54, 1.807) is 24.4 Å². The Bertz CT molecular complexity index is 900. The number of pyridine rings is 1. The van der Waals surface area contributed by atoms with Gasteiger partial charge in [-0.25, -0.2) is 4.98 Å². The van der Waals surface area contributed by atoms with Crippen molar-refractivity contribution in [2.75, 3.05) is 49.7 Å². The van der Waals surface area contributed by atoms with E-state index in [0.717, 1.165) is 32.0 Å². The standard InChI is InChI=1S/C21H24N4O5/c26-20(23-16-4-5-17-18(12-16)30-14-29-17)11-15(21(27)28)13-24-7-9-25(10-8-24)19-3-1-2-6-22-19/h1-6,12,15H,7-11,13-14H2,(H,23,26)(H,27,28)/t15-/m1/s1. The van der Waals surface area contributed by atoms with Gasteiger partial charge in [-0.3, -0.25) is 14.5 Å². The fraction of sp³-hybridized carbons (Fsp3) is 0.381. The number of anilines is 2. The number of carbonyl (C=O) groups excluding carboxylic acids is 1. The summed E-state index contributed by atoms with van der Waals surface area (Å²) in [6.45, 7) is 3.48. The van der Waals surface area contributed by atoms with Crippen LogP contribution in [0.15, 0.2) is 42.6 Å². The first-order valence-corrected chi connectivity index (χ1v) is 9.89. The van der Waals surface area contributed by atoms with E-state index in [9.17, 15) is 14.7 Å². The minimum Gasteiger partial charge on any atom is -0.481 e. The van der Waals surface area contributed by atoms with Crippen LogP contribution in [0.5, 0.6) is 11.5 Å². The molecule has 0 aliphatic carbocycles. The monoisotopic (exact) mass is 412 g/mol. The molecule has 9 heteroatoms. The van der Waals surface area contributed by atoms with Crippen molar-refractivity contribution in [2.45, 2.75) is 6.42 Å². The van der Waals surface area contributed by atoms with E-state index in [-0.39, 0.29) is 19.1 Å². The summed E-state index contributed by atoms with van der Waals surface area (Å²) in [6, 6.07) is 10.9. The van der Waals surface area contributed by atoms with Crippen molar-refractivity contribution in [3.05, 3.63) is 42.6 Å². The molecule has 30 heavy (non-hydrogen) atoms.